The largest absolute Gasteiger partial charge is 0.312 e. The van der Waals surface area contributed by atoms with Crippen molar-refractivity contribution in [3.8, 4) is 0 Å². The molecule has 0 bridgehead atoms. The molecular weight excluding hydrogens is 272 g/mol. The lowest BCUT2D eigenvalue weighted by Gasteiger charge is -2.25. The Labute approximate surface area is 121 Å². The number of nitrogens with one attached hydrogen (secondary N) is 1. The van der Waals surface area contributed by atoms with Gasteiger partial charge in [0.15, 0.2) is 5.78 Å². The molecule has 2 nitrogen and oxygen atoms in total. The van der Waals surface area contributed by atoms with Gasteiger partial charge in [-0.05, 0) is 29.7 Å². The maximum Gasteiger partial charge on any atom is 0.177 e. The summed E-state index contributed by atoms with van der Waals surface area (Å²) >= 11 is 0. The highest BCUT2D eigenvalue weighted by Gasteiger charge is 2.30. The van der Waals surface area contributed by atoms with Crippen molar-refractivity contribution < 1.29 is 13.6 Å². The molecule has 1 N–H and O–H groups in total. The summed E-state index contributed by atoms with van der Waals surface area (Å²) in [6.45, 7) is 2.58. The van der Waals surface area contributed by atoms with Crippen molar-refractivity contribution in [3.63, 3.8) is 0 Å². The number of Topliss-reactive ketones (excluding diaryl/α,β-unsaturated/α-hetero) is 1. The van der Waals surface area contributed by atoms with Gasteiger partial charge in [-0.25, -0.2) is 8.78 Å². The fourth-order valence-electron chi connectivity index (χ4n) is 2.79. The molecule has 0 saturated heterocycles. The first kappa shape index (κ1) is 13.9. The number of halogens is 2. The molecule has 1 atom stereocenters. The minimum Gasteiger partial charge on any atom is -0.312 e. The van der Waals surface area contributed by atoms with E-state index in [-0.39, 0.29) is 5.56 Å². The summed E-state index contributed by atoms with van der Waals surface area (Å²) in [5.74, 6) is -2.62. The fourth-order valence-corrected chi connectivity index (χ4v) is 2.79. The normalized spacial score (nSPS) is 17.4. The van der Waals surface area contributed by atoms with E-state index in [1.807, 2.05) is 24.3 Å². The molecule has 2 aromatic carbocycles. The van der Waals surface area contributed by atoms with E-state index < -0.39 is 28.9 Å². The van der Waals surface area contributed by atoms with Crippen molar-refractivity contribution in [1.82, 2.24) is 5.32 Å². The van der Waals surface area contributed by atoms with Crippen molar-refractivity contribution in [2.24, 2.45) is 0 Å². The Hall–Kier alpha value is -2.07. The van der Waals surface area contributed by atoms with Crippen molar-refractivity contribution in [2.75, 3.05) is 6.54 Å². The van der Waals surface area contributed by atoms with Crippen molar-refractivity contribution in [3.05, 3.63) is 70.3 Å². The Kier molecular flexibility index (Phi) is 3.55. The van der Waals surface area contributed by atoms with E-state index in [2.05, 4.69) is 5.32 Å². The lowest BCUT2D eigenvalue weighted by Crippen LogP contribution is -2.33. The van der Waals surface area contributed by atoms with E-state index in [4.69, 9.17) is 0 Å². The summed E-state index contributed by atoms with van der Waals surface area (Å²) < 4.78 is 28.1. The Morgan fingerprint density at radius 1 is 1.19 bits per heavy atom. The number of carbonyl (C=O) groups excluding carboxylic acids is 1. The number of hydrogen-bond acceptors (Lipinski definition) is 2. The molecule has 1 heterocycles. The SMILES string of the molecule is Cc1ccc(F)c(C(=O)C2CNCc3ccccc32)c1F. The predicted molar refractivity (Wildman–Crippen MR) is 76.3 cm³/mol. The molecule has 0 fully saturated rings. The van der Waals surface area contributed by atoms with E-state index in [1.165, 1.54) is 13.0 Å². The van der Waals surface area contributed by atoms with Crippen LogP contribution in [0, 0.1) is 18.6 Å². The molecule has 0 radical (unpaired) electrons. The van der Waals surface area contributed by atoms with Crippen molar-refractivity contribution >= 4 is 5.78 Å². The van der Waals surface area contributed by atoms with Gasteiger partial charge in [-0.2, -0.15) is 0 Å². The Morgan fingerprint density at radius 2 is 1.95 bits per heavy atom. The van der Waals surface area contributed by atoms with Crippen LogP contribution >= 0.6 is 0 Å². The predicted octanol–water partition coefficient (Wildman–Crippen LogP) is 3.34. The lowest BCUT2D eigenvalue weighted by molar-refractivity contribution is 0.0946. The average Bonchev–Trinajstić information content (AvgIpc) is 2.50. The minimum atomic E-state index is -0.800. The molecule has 1 aliphatic heterocycles. The van der Waals surface area contributed by atoms with Gasteiger partial charge in [0.25, 0.3) is 0 Å². The molecule has 2 aromatic rings. The first-order valence-corrected chi connectivity index (χ1v) is 6.87. The summed E-state index contributed by atoms with van der Waals surface area (Å²) in [6, 6.07) is 9.99. The van der Waals surface area contributed by atoms with Crippen LogP contribution in [-0.2, 0) is 6.54 Å². The molecule has 3 rings (SSSR count). The molecule has 1 aliphatic rings. The lowest BCUT2D eigenvalue weighted by atomic mass is 9.84. The van der Waals surface area contributed by atoms with Crippen LogP contribution in [0.2, 0.25) is 0 Å². The Morgan fingerprint density at radius 3 is 2.76 bits per heavy atom. The summed E-state index contributed by atoms with van der Waals surface area (Å²) in [5.41, 5.74) is 1.69. The third-order valence-electron chi connectivity index (χ3n) is 3.94. The molecule has 21 heavy (non-hydrogen) atoms. The standard InChI is InChI=1S/C17H15F2NO/c1-10-6-7-14(18)15(16(10)19)17(21)13-9-20-8-11-4-2-3-5-12(11)13/h2-7,13,20H,8-9H2,1H3. The van der Waals surface area contributed by atoms with Crippen molar-refractivity contribution in [1.29, 1.82) is 0 Å². The van der Waals surface area contributed by atoms with E-state index in [0.29, 0.717) is 13.1 Å². The highest BCUT2D eigenvalue weighted by molar-refractivity contribution is 6.02. The van der Waals surface area contributed by atoms with Gasteiger partial charge in [0.05, 0.1) is 11.5 Å². The van der Waals surface area contributed by atoms with Crippen LogP contribution in [0.3, 0.4) is 0 Å². The number of aryl methyl sites for hydroxylation is 1. The summed E-state index contributed by atoms with van der Waals surface area (Å²) in [5, 5.41) is 3.13. The second kappa shape index (κ2) is 5.37. The monoisotopic (exact) mass is 287 g/mol. The first-order valence-electron chi connectivity index (χ1n) is 6.87. The number of ketones is 1. The minimum absolute atomic E-state index is 0.275. The van der Waals surface area contributed by atoms with Crippen LogP contribution < -0.4 is 5.32 Å². The molecule has 0 spiro atoms. The average molecular weight is 287 g/mol. The van der Waals surface area contributed by atoms with Gasteiger partial charge >= 0.3 is 0 Å². The smallest absolute Gasteiger partial charge is 0.177 e. The van der Waals surface area contributed by atoms with Crippen LogP contribution in [0.25, 0.3) is 0 Å². The van der Waals surface area contributed by atoms with Crippen LogP contribution in [-0.4, -0.2) is 12.3 Å². The van der Waals surface area contributed by atoms with Gasteiger partial charge in [-0.15, -0.1) is 0 Å². The van der Waals surface area contributed by atoms with E-state index in [1.54, 1.807) is 0 Å². The second-order valence-electron chi connectivity index (χ2n) is 5.30. The van der Waals surface area contributed by atoms with Gasteiger partial charge in [-0.1, -0.05) is 30.3 Å². The molecular formula is C17H15F2NO. The third kappa shape index (κ3) is 2.36. The van der Waals surface area contributed by atoms with Crippen LogP contribution in [0.15, 0.2) is 36.4 Å². The van der Waals surface area contributed by atoms with Gasteiger partial charge in [0, 0.05) is 13.1 Å². The summed E-state index contributed by atoms with van der Waals surface area (Å²) in [7, 11) is 0. The molecule has 0 amide bonds. The maximum atomic E-state index is 14.2. The Bertz CT molecular complexity index is 712. The number of rotatable bonds is 2. The number of benzene rings is 2. The van der Waals surface area contributed by atoms with Gasteiger partial charge in [-0.3, -0.25) is 4.79 Å². The van der Waals surface area contributed by atoms with Gasteiger partial charge in [0.2, 0.25) is 0 Å². The third-order valence-corrected chi connectivity index (χ3v) is 3.94. The topological polar surface area (TPSA) is 29.1 Å². The molecule has 0 saturated carbocycles. The molecule has 4 heteroatoms. The highest BCUT2D eigenvalue weighted by atomic mass is 19.1. The second-order valence-corrected chi connectivity index (χ2v) is 5.30. The van der Waals surface area contributed by atoms with Crippen molar-refractivity contribution in [2.45, 2.75) is 19.4 Å². The van der Waals surface area contributed by atoms with Crippen LogP contribution in [0.5, 0.6) is 0 Å². The number of hydrogen-bond donors (Lipinski definition) is 1. The zero-order valence-electron chi connectivity index (χ0n) is 11.6. The quantitative estimate of drug-likeness (QED) is 0.858. The summed E-state index contributed by atoms with van der Waals surface area (Å²) in [4.78, 5) is 12.6. The van der Waals surface area contributed by atoms with Crippen LogP contribution in [0.1, 0.15) is 33.0 Å². The molecule has 108 valence electrons. The summed E-state index contributed by atoms with van der Waals surface area (Å²) in [6.07, 6.45) is 0. The molecule has 1 unspecified atom stereocenters. The van der Waals surface area contributed by atoms with E-state index >= 15 is 0 Å². The Balaban J connectivity index is 2.07. The first-order chi connectivity index (χ1) is 10.1. The van der Waals surface area contributed by atoms with Gasteiger partial charge in [0.1, 0.15) is 11.6 Å². The molecule has 0 aromatic heterocycles. The zero-order chi connectivity index (χ0) is 15.0. The van der Waals surface area contributed by atoms with E-state index in [9.17, 15) is 13.6 Å². The van der Waals surface area contributed by atoms with E-state index in [0.717, 1.165) is 17.2 Å². The zero-order valence-corrected chi connectivity index (χ0v) is 11.6. The number of carbonyl (C=O) groups is 1. The highest BCUT2D eigenvalue weighted by Crippen LogP contribution is 2.29. The van der Waals surface area contributed by atoms with Gasteiger partial charge < -0.3 is 5.32 Å². The molecule has 0 aliphatic carbocycles. The maximum absolute atomic E-state index is 14.2. The van der Waals surface area contributed by atoms with Crippen LogP contribution in [0.4, 0.5) is 8.78 Å². The number of fused-ring (bicyclic) bond motifs is 1. The fraction of sp³-hybridized carbons (Fsp3) is 0.235.